The Morgan fingerprint density at radius 2 is 1.19 bits per heavy atom. The molecule has 142 valence electrons. The highest BCUT2D eigenvalue weighted by Gasteiger charge is 2.35. The SMILES string of the molecule is CCCS(OS(=O)(=O)c1ccc(C)cc1)(c1ccccc1)c1ccccc1. The van der Waals surface area contributed by atoms with Gasteiger partial charge in [0.2, 0.25) is 0 Å². The predicted octanol–water partition coefficient (Wildman–Crippen LogP) is 5.95. The fourth-order valence-electron chi connectivity index (χ4n) is 2.95. The zero-order valence-electron chi connectivity index (χ0n) is 15.5. The maximum atomic E-state index is 13.2. The van der Waals surface area contributed by atoms with Crippen molar-refractivity contribution in [2.45, 2.75) is 35.0 Å². The Bertz CT molecular complexity index is 928. The van der Waals surface area contributed by atoms with Gasteiger partial charge in [0.15, 0.2) is 0 Å². The molecule has 3 rings (SSSR count). The van der Waals surface area contributed by atoms with E-state index in [0.717, 1.165) is 21.8 Å². The average Bonchev–Trinajstić information content (AvgIpc) is 2.69. The second-order valence-corrected chi connectivity index (χ2v) is 11.0. The number of rotatable bonds is 7. The largest absolute Gasteiger partial charge is 0.306 e. The van der Waals surface area contributed by atoms with E-state index in [0.29, 0.717) is 5.75 Å². The van der Waals surface area contributed by atoms with Crippen molar-refractivity contribution in [2.24, 2.45) is 0 Å². The van der Waals surface area contributed by atoms with E-state index in [1.165, 1.54) is 0 Å². The molecule has 3 aromatic carbocycles. The van der Waals surface area contributed by atoms with Crippen molar-refractivity contribution in [3.05, 3.63) is 90.5 Å². The highest BCUT2D eigenvalue weighted by Crippen LogP contribution is 2.65. The van der Waals surface area contributed by atoms with Crippen LogP contribution >= 0.6 is 10.3 Å². The van der Waals surface area contributed by atoms with Crippen molar-refractivity contribution in [3.8, 4) is 0 Å². The van der Waals surface area contributed by atoms with Crippen LogP contribution in [0.4, 0.5) is 0 Å². The first-order valence-electron chi connectivity index (χ1n) is 8.92. The van der Waals surface area contributed by atoms with Crippen molar-refractivity contribution in [1.29, 1.82) is 0 Å². The molecule has 0 atom stereocenters. The van der Waals surface area contributed by atoms with E-state index in [1.54, 1.807) is 24.3 Å². The predicted molar refractivity (Wildman–Crippen MR) is 112 cm³/mol. The number of aryl methyl sites for hydroxylation is 1. The van der Waals surface area contributed by atoms with Gasteiger partial charge in [0, 0.05) is 15.5 Å². The minimum atomic E-state index is -3.92. The van der Waals surface area contributed by atoms with Crippen LogP contribution in [-0.2, 0) is 13.7 Å². The van der Waals surface area contributed by atoms with Crippen LogP contribution in [0.2, 0.25) is 0 Å². The number of hydrogen-bond donors (Lipinski definition) is 0. The molecule has 0 unspecified atom stereocenters. The molecule has 0 saturated heterocycles. The van der Waals surface area contributed by atoms with E-state index in [-0.39, 0.29) is 4.90 Å². The molecule has 0 bridgehead atoms. The topological polar surface area (TPSA) is 43.4 Å². The first kappa shape index (κ1) is 19.7. The Morgan fingerprint density at radius 1 is 0.704 bits per heavy atom. The van der Waals surface area contributed by atoms with E-state index < -0.39 is 20.4 Å². The molecule has 27 heavy (non-hydrogen) atoms. The van der Waals surface area contributed by atoms with Crippen LogP contribution in [0.3, 0.4) is 0 Å². The fourth-order valence-corrected chi connectivity index (χ4v) is 8.37. The summed E-state index contributed by atoms with van der Waals surface area (Å²) >= 11 is 0. The van der Waals surface area contributed by atoms with Gasteiger partial charge in [0.1, 0.15) is 0 Å². The van der Waals surface area contributed by atoms with Gasteiger partial charge >= 0.3 is 10.1 Å². The molecule has 0 aliphatic carbocycles. The molecule has 0 heterocycles. The van der Waals surface area contributed by atoms with E-state index in [1.807, 2.05) is 67.6 Å². The monoisotopic (exact) mass is 400 g/mol. The fraction of sp³-hybridized carbons (Fsp3) is 0.182. The summed E-state index contributed by atoms with van der Waals surface area (Å²) in [5.41, 5.74) is 1.01. The molecule has 0 spiro atoms. The van der Waals surface area contributed by atoms with Gasteiger partial charge in [0.25, 0.3) is 0 Å². The van der Waals surface area contributed by atoms with Crippen molar-refractivity contribution in [2.75, 3.05) is 5.75 Å². The van der Waals surface area contributed by atoms with Gasteiger partial charge in [-0.3, -0.25) is 0 Å². The van der Waals surface area contributed by atoms with E-state index in [2.05, 4.69) is 6.92 Å². The van der Waals surface area contributed by atoms with E-state index in [4.69, 9.17) is 3.63 Å². The van der Waals surface area contributed by atoms with Crippen LogP contribution in [0.1, 0.15) is 18.9 Å². The minimum absolute atomic E-state index is 0.188. The second-order valence-electron chi connectivity index (χ2n) is 6.34. The summed E-state index contributed by atoms with van der Waals surface area (Å²) in [5, 5.41) is 0. The molecule has 0 aliphatic rings. The van der Waals surface area contributed by atoms with Crippen molar-refractivity contribution in [1.82, 2.24) is 0 Å². The molecule has 3 aromatic rings. The zero-order valence-corrected chi connectivity index (χ0v) is 17.2. The lowest BCUT2D eigenvalue weighted by molar-refractivity contribution is 0.508. The Labute approximate surface area is 163 Å². The highest BCUT2D eigenvalue weighted by molar-refractivity contribution is 8.33. The van der Waals surface area contributed by atoms with Crippen LogP contribution in [0.5, 0.6) is 0 Å². The smallest absolute Gasteiger partial charge is 0.207 e. The maximum absolute atomic E-state index is 13.2. The summed E-state index contributed by atoms with van der Waals surface area (Å²) in [5.74, 6) is 0.631. The van der Waals surface area contributed by atoms with Crippen LogP contribution in [0, 0.1) is 6.92 Å². The van der Waals surface area contributed by atoms with Crippen LogP contribution in [-0.4, -0.2) is 14.2 Å². The molecule has 0 N–H and O–H groups in total. The van der Waals surface area contributed by atoms with Crippen LogP contribution < -0.4 is 0 Å². The van der Waals surface area contributed by atoms with E-state index in [9.17, 15) is 8.42 Å². The zero-order chi connectivity index (χ0) is 19.3. The Morgan fingerprint density at radius 3 is 1.63 bits per heavy atom. The molecule has 3 nitrogen and oxygen atoms in total. The third-order valence-electron chi connectivity index (χ3n) is 4.25. The molecule has 0 amide bonds. The van der Waals surface area contributed by atoms with Gasteiger partial charge < -0.3 is 0 Å². The lowest BCUT2D eigenvalue weighted by atomic mass is 10.2. The molecule has 0 aromatic heterocycles. The number of benzene rings is 3. The standard InChI is InChI=1S/C22H24O3S2/c1-3-18-26(20-10-6-4-7-11-20,21-12-8-5-9-13-21)25-27(23,24)22-16-14-19(2)15-17-22/h4-17H,3,18H2,1-2H3. The second kappa shape index (κ2) is 8.30. The quantitative estimate of drug-likeness (QED) is 0.492. The first-order valence-corrected chi connectivity index (χ1v) is 12.1. The van der Waals surface area contributed by atoms with Crippen molar-refractivity contribution < 1.29 is 12.0 Å². The van der Waals surface area contributed by atoms with Crippen LogP contribution in [0.25, 0.3) is 0 Å². The third kappa shape index (κ3) is 4.26. The molecular weight excluding hydrogens is 376 g/mol. The Kier molecular flexibility index (Phi) is 6.05. The number of hydrogen-bond acceptors (Lipinski definition) is 3. The van der Waals surface area contributed by atoms with Crippen molar-refractivity contribution >= 4 is 20.4 Å². The van der Waals surface area contributed by atoms with Gasteiger partial charge in [-0.15, -0.1) is 0 Å². The Hall–Kier alpha value is -2.08. The highest BCUT2D eigenvalue weighted by atomic mass is 32.3. The average molecular weight is 401 g/mol. The summed E-state index contributed by atoms with van der Waals surface area (Å²) in [6.07, 6.45) is 0.808. The van der Waals surface area contributed by atoms with Gasteiger partial charge in [-0.05, 0) is 49.7 Å². The molecule has 0 saturated carbocycles. The van der Waals surface area contributed by atoms with Gasteiger partial charge in [0.05, 0.1) is 4.90 Å². The lowest BCUT2D eigenvalue weighted by Crippen LogP contribution is -2.16. The van der Waals surface area contributed by atoms with Gasteiger partial charge in [-0.25, -0.2) is 3.63 Å². The summed E-state index contributed by atoms with van der Waals surface area (Å²) in [6, 6.07) is 26.2. The van der Waals surface area contributed by atoms with Gasteiger partial charge in [-0.1, -0.05) is 71.3 Å². The minimum Gasteiger partial charge on any atom is -0.207 e. The molecular formula is C22H24O3S2. The summed E-state index contributed by atoms with van der Waals surface area (Å²) < 4.78 is 32.5. The van der Waals surface area contributed by atoms with E-state index >= 15 is 0 Å². The molecule has 5 heteroatoms. The third-order valence-corrected chi connectivity index (χ3v) is 9.80. The summed E-state index contributed by atoms with van der Waals surface area (Å²) in [7, 11) is -6.12. The molecule has 0 radical (unpaired) electrons. The molecule has 0 fully saturated rings. The summed E-state index contributed by atoms with van der Waals surface area (Å²) in [4.78, 5) is 2.01. The van der Waals surface area contributed by atoms with Crippen LogP contribution in [0.15, 0.2) is 99.6 Å². The maximum Gasteiger partial charge on any atom is 0.306 e. The first-order chi connectivity index (χ1) is 13.0. The summed E-state index contributed by atoms with van der Waals surface area (Å²) in [6.45, 7) is 3.98. The normalized spacial score (nSPS) is 12.7. The lowest BCUT2D eigenvalue weighted by Gasteiger charge is -2.39. The molecule has 0 aliphatic heterocycles. The van der Waals surface area contributed by atoms with Crippen molar-refractivity contribution in [3.63, 3.8) is 0 Å². The Balaban J connectivity index is 2.16. The van der Waals surface area contributed by atoms with Gasteiger partial charge in [-0.2, -0.15) is 8.42 Å².